The predicted molar refractivity (Wildman–Crippen MR) is 159 cm³/mol. The maximum atomic E-state index is 13.7. The summed E-state index contributed by atoms with van der Waals surface area (Å²) in [6, 6.07) is 19.9. The van der Waals surface area contributed by atoms with E-state index >= 15 is 0 Å². The Morgan fingerprint density at radius 2 is 1.68 bits per heavy atom. The number of anilines is 1. The summed E-state index contributed by atoms with van der Waals surface area (Å²) in [5.41, 5.74) is 0.887. The van der Waals surface area contributed by atoms with E-state index in [0.717, 1.165) is 9.87 Å². The third kappa shape index (κ3) is 5.82. The normalized spacial score (nSPS) is 11.9. The van der Waals surface area contributed by atoms with Crippen molar-refractivity contribution in [2.45, 2.75) is 37.6 Å². The van der Waals surface area contributed by atoms with E-state index in [2.05, 4.69) is 5.32 Å². The molecular formula is C29H30Cl2N4O4S. The number of nitrogens with zero attached hydrogens (tertiary/aromatic N) is 3. The average Bonchev–Trinajstić information content (AvgIpc) is 3.12. The number of sulfonamides is 1. The Morgan fingerprint density at radius 1 is 1.00 bits per heavy atom. The van der Waals surface area contributed by atoms with E-state index in [1.807, 2.05) is 19.9 Å². The molecule has 1 heterocycles. The van der Waals surface area contributed by atoms with E-state index < -0.39 is 27.0 Å². The lowest BCUT2D eigenvalue weighted by molar-refractivity contribution is 0.0912. The fourth-order valence-corrected chi connectivity index (χ4v) is 6.33. The molecular weight excluding hydrogens is 571 g/mol. The highest BCUT2D eigenvalue weighted by molar-refractivity contribution is 7.92. The summed E-state index contributed by atoms with van der Waals surface area (Å²) in [5, 5.41) is 3.96. The lowest BCUT2D eigenvalue weighted by atomic mass is 9.94. The molecule has 0 bridgehead atoms. The molecule has 0 spiro atoms. The minimum Gasteiger partial charge on any atom is -0.347 e. The van der Waals surface area contributed by atoms with E-state index in [1.165, 1.54) is 36.0 Å². The highest BCUT2D eigenvalue weighted by Crippen LogP contribution is 2.26. The molecule has 0 radical (unpaired) electrons. The molecule has 0 aliphatic carbocycles. The van der Waals surface area contributed by atoms with E-state index in [0.29, 0.717) is 27.8 Å². The minimum atomic E-state index is -4.18. The molecule has 0 fully saturated rings. The molecule has 1 N–H and O–H groups in total. The van der Waals surface area contributed by atoms with Crippen molar-refractivity contribution in [2.24, 2.45) is 7.05 Å². The Kier molecular flexibility index (Phi) is 8.21. The van der Waals surface area contributed by atoms with Crippen LogP contribution in [0.25, 0.3) is 5.69 Å². The number of benzene rings is 3. The van der Waals surface area contributed by atoms with Crippen molar-refractivity contribution in [3.63, 3.8) is 0 Å². The molecule has 4 rings (SSSR count). The molecule has 11 heteroatoms. The van der Waals surface area contributed by atoms with E-state index in [4.69, 9.17) is 23.2 Å². The van der Waals surface area contributed by atoms with E-state index in [1.54, 1.807) is 61.1 Å². The van der Waals surface area contributed by atoms with Gasteiger partial charge in [-0.05, 0) is 75.2 Å². The molecule has 0 saturated heterocycles. The molecule has 210 valence electrons. The van der Waals surface area contributed by atoms with Crippen LogP contribution >= 0.6 is 23.2 Å². The van der Waals surface area contributed by atoms with Crippen LogP contribution in [0.2, 0.25) is 10.0 Å². The van der Waals surface area contributed by atoms with Crippen LogP contribution in [0.1, 0.15) is 35.5 Å². The highest BCUT2D eigenvalue weighted by atomic mass is 35.5. The Bertz CT molecular complexity index is 1750. The van der Waals surface area contributed by atoms with Gasteiger partial charge in [0.1, 0.15) is 5.69 Å². The number of aromatic nitrogens is 2. The van der Waals surface area contributed by atoms with Crippen molar-refractivity contribution in [1.82, 2.24) is 14.7 Å². The maximum absolute atomic E-state index is 13.7. The highest BCUT2D eigenvalue weighted by Gasteiger charge is 2.30. The van der Waals surface area contributed by atoms with Crippen molar-refractivity contribution in [2.75, 3.05) is 11.4 Å². The third-order valence-electron chi connectivity index (χ3n) is 6.69. The van der Waals surface area contributed by atoms with Crippen LogP contribution in [0.5, 0.6) is 0 Å². The molecule has 4 aromatic rings. The molecule has 0 atom stereocenters. The van der Waals surface area contributed by atoms with Gasteiger partial charge in [0.05, 0.1) is 16.3 Å². The van der Waals surface area contributed by atoms with Gasteiger partial charge in [-0.1, -0.05) is 53.5 Å². The average molecular weight is 602 g/mol. The quantitative estimate of drug-likeness (QED) is 0.294. The van der Waals surface area contributed by atoms with Crippen LogP contribution in [0.4, 0.5) is 5.69 Å². The second-order valence-electron chi connectivity index (χ2n) is 10.2. The number of hydrogen-bond donors (Lipinski definition) is 1. The molecule has 0 aliphatic heterocycles. The summed E-state index contributed by atoms with van der Waals surface area (Å²) >= 11 is 12.3. The fourth-order valence-electron chi connectivity index (χ4n) is 4.56. The molecule has 0 aliphatic rings. The van der Waals surface area contributed by atoms with Crippen molar-refractivity contribution in [1.29, 1.82) is 0 Å². The summed E-state index contributed by atoms with van der Waals surface area (Å²) < 4.78 is 31.3. The number of rotatable bonds is 8. The topological polar surface area (TPSA) is 93.4 Å². The minimum absolute atomic E-state index is 0.0159. The lowest BCUT2D eigenvalue weighted by Gasteiger charge is -2.27. The second kappa shape index (κ2) is 11.2. The fraction of sp³-hybridized carbons (Fsp3) is 0.241. The Balaban J connectivity index is 1.61. The van der Waals surface area contributed by atoms with E-state index in [-0.39, 0.29) is 16.1 Å². The molecule has 0 unspecified atom stereocenters. The summed E-state index contributed by atoms with van der Waals surface area (Å²) in [5.74, 6) is -0.447. The summed E-state index contributed by atoms with van der Waals surface area (Å²) in [7, 11) is -1.16. The molecule has 40 heavy (non-hydrogen) atoms. The van der Waals surface area contributed by atoms with Crippen molar-refractivity contribution in [3.05, 3.63) is 110 Å². The standard InChI is InChI=1S/C29H30Cl2N4O4S/c1-19-26(28(37)35(33(19)4)23-11-7-6-8-12-23)34(5)40(38,39)24-13-9-10-20(16-24)27(36)32-29(2,3)18-21-14-15-22(30)17-25(21)31/h6-17H,18H2,1-5H3,(H,32,36). The molecule has 0 saturated carbocycles. The predicted octanol–water partition coefficient (Wildman–Crippen LogP) is 5.37. The number of carbonyl (C=O) groups excluding carboxylic acids is 1. The lowest BCUT2D eigenvalue weighted by Crippen LogP contribution is -2.45. The zero-order valence-corrected chi connectivity index (χ0v) is 25.1. The first kappa shape index (κ1) is 29.5. The SMILES string of the molecule is Cc1c(N(C)S(=O)(=O)c2cccc(C(=O)NC(C)(C)Cc3ccc(Cl)cc3Cl)c2)c(=O)n(-c2ccccc2)n1C. The first-order valence-corrected chi connectivity index (χ1v) is 14.6. The summed E-state index contributed by atoms with van der Waals surface area (Å²) in [6.45, 7) is 5.38. The largest absolute Gasteiger partial charge is 0.347 e. The van der Waals surface area contributed by atoms with Crippen molar-refractivity contribution >= 4 is 44.8 Å². The van der Waals surface area contributed by atoms with Gasteiger partial charge in [0, 0.05) is 35.2 Å². The number of amides is 1. The van der Waals surface area contributed by atoms with Crippen LogP contribution in [-0.2, 0) is 23.5 Å². The van der Waals surface area contributed by atoms with Crippen molar-refractivity contribution in [3.8, 4) is 5.69 Å². The molecule has 1 aromatic heterocycles. The molecule has 1 amide bonds. The Labute approximate surface area is 243 Å². The number of carbonyl (C=O) groups is 1. The first-order chi connectivity index (χ1) is 18.7. The molecule has 8 nitrogen and oxygen atoms in total. The van der Waals surface area contributed by atoms with Gasteiger partial charge in [0.2, 0.25) is 0 Å². The Hall–Kier alpha value is -3.53. The van der Waals surface area contributed by atoms with Crippen LogP contribution in [0.3, 0.4) is 0 Å². The number of para-hydroxylation sites is 1. The van der Waals surface area contributed by atoms with Gasteiger partial charge in [-0.3, -0.25) is 18.6 Å². The third-order valence-corrected chi connectivity index (χ3v) is 9.03. The summed E-state index contributed by atoms with van der Waals surface area (Å²) in [6.07, 6.45) is 0.427. The zero-order chi connectivity index (χ0) is 29.4. The van der Waals surface area contributed by atoms with Crippen LogP contribution in [0.15, 0.2) is 82.5 Å². The Morgan fingerprint density at radius 3 is 2.33 bits per heavy atom. The van der Waals surface area contributed by atoms with Gasteiger partial charge < -0.3 is 5.32 Å². The number of halogens is 2. The van der Waals surface area contributed by atoms with Gasteiger partial charge in [-0.25, -0.2) is 13.1 Å². The van der Waals surface area contributed by atoms with Gasteiger partial charge in [-0.15, -0.1) is 0 Å². The maximum Gasteiger partial charge on any atom is 0.296 e. The second-order valence-corrected chi connectivity index (χ2v) is 13.0. The number of hydrogen-bond acceptors (Lipinski definition) is 4. The van der Waals surface area contributed by atoms with Gasteiger partial charge in [0.15, 0.2) is 0 Å². The number of nitrogens with one attached hydrogen (secondary N) is 1. The smallest absolute Gasteiger partial charge is 0.296 e. The van der Waals surface area contributed by atoms with Crippen LogP contribution in [0, 0.1) is 6.92 Å². The van der Waals surface area contributed by atoms with Crippen molar-refractivity contribution < 1.29 is 13.2 Å². The van der Waals surface area contributed by atoms with E-state index in [9.17, 15) is 18.0 Å². The van der Waals surface area contributed by atoms with Gasteiger partial charge in [0.25, 0.3) is 21.5 Å². The van der Waals surface area contributed by atoms with Crippen LogP contribution in [-0.4, -0.2) is 36.3 Å². The molecule has 3 aromatic carbocycles. The summed E-state index contributed by atoms with van der Waals surface area (Å²) in [4.78, 5) is 26.5. The van der Waals surface area contributed by atoms with Gasteiger partial charge >= 0.3 is 0 Å². The first-order valence-electron chi connectivity index (χ1n) is 12.4. The van der Waals surface area contributed by atoms with Crippen LogP contribution < -0.4 is 15.2 Å². The monoisotopic (exact) mass is 600 g/mol. The zero-order valence-electron chi connectivity index (χ0n) is 22.8. The van der Waals surface area contributed by atoms with Gasteiger partial charge in [-0.2, -0.15) is 0 Å².